The van der Waals surface area contributed by atoms with Crippen molar-refractivity contribution in [3.63, 3.8) is 0 Å². The molecule has 1 aromatic carbocycles. The number of hydrogen-bond acceptors (Lipinski definition) is 2. The van der Waals surface area contributed by atoms with E-state index in [0.717, 1.165) is 17.4 Å². The minimum absolute atomic E-state index is 0.985. The SMILES string of the molecule is CN(C)CCc1ccccc1[Se](C)=O. The van der Waals surface area contributed by atoms with Crippen LogP contribution in [-0.4, -0.2) is 39.4 Å². The molecule has 0 saturated heterocycles. The zero-order valence-corrected chi connectivity index (χ0v) is 10.7. The van der Waals surface area contributed by atoms with Crippen LogP contribution in [0.4, 0.5) is 0 Å². The maximum absolute atomic E-state index is 11.5. The van der Waals surface area contributed by atoms with Gasteiger partial charge >= 0.3 is 89.7 Å². The van der Waals surface area contributed by atoms with Gasteiger partial charge in [-0.3, -0.25) is 0 Å². The molecule has 1 atom stereocenters. The summed E-state index contributed by atoms with van der Waals surface area (Å²) in [5.74, 6) is 1.83. The van der Waals surface area contributed by atoms with Gasteiger partial charge in [-0.1, -0.05) is 0 Å². The second kappa shape index (κ2) is 5.40. The molecule has 0 spiro atoms. The molecule has 3 heteroatoms. The van der Waals surface area contributed by atoms with E-state index in [1.807, 2.05) is 24.0 Å². The van der Waals surface area contributed by atoms with Crippen molar-refractivity contribution in [2.24, 2.45) is 0 Å². The van der Waals surface area contributed by atoms with Gasteiger partial charge in [0.25, 0.3) is 0 Å². The zero-order valence-electron chi connectivity index (χ0n) is 8.99. The molecular formula is C11H17NOSe. The average molecular weight is 258 g/mol. The second-order valence-electron chi connectivity index (χ2n) is 3.62. The minimum atomic E-state index is -1.77. The Morgan fingerprint density at radius 2 is 1.93 bits per heavy atom. The summed E-state index contributed by atoms with van der Waals surface area (Å²) < 4.78 is 12.6. The van der Waals surface area contributed by atoms with Crippen LogP contribution in [0.3, 0.4) is 0 Å². The fourth-order valence-corrected chi connectivity index (χ4v) is 3.03. The monoisotopic (exact) mass is 259 g/mol. The van der Waals surface area contributed by atoms with Crippen LogP contribution in [0, 0.1) is 0 Å². The molecule has 0 N–H and O–H groups in total. The summed E-state index contributed by atoms with van der Waals surface area (Å²) in [6, 6.07) is 8.05. The van der Waals surface area contributed by atoms with Gasteiger partial charge in [0.05, 0.1) is 0 Å². The molecule has 1 aromatic rings. The van der Waals surface area contributed by atoms with E-state index in [-0.39, 0.29) is 0 Å². The van der Waals surface area contributed by atoms with Gasteiger partial charge in [-0.05, 0) is 0 Å². The quantitative estimate of drug-likeness (QED) is 0.752. The molecule has 0 fully saturated rings. The molecule has 1 unspecified atom stereocenters. The molecule has 1 rings (SSSR count). The molecule has 0 bridgehead atoms. The summed E-state index contributed by atoms with van der Waals surface area (Å²) in [6.45, 7) is 1.01. The Hall–Kier alpha value is -0.501. The van der Waals surface area contributed by atoms with E-state index < -0.39 is 13.8 Å². The first-order valence-corrected chi connectivity index (χ1v) is 7.94. The van der Waals surface area contributed by atoms with Crippen molar-refractivity contribution in [3.05, 3.63) is 29.8 Å². The Kier molecular flexibility index (Phi) is 4.46. The van der Waals surface area contributed by atoms with Crippen LogP contribution in [0.1, 0.15) is 5.56 Å². The third-order valence-electron chi connectivity index (χ3n) is 2.11. The molecule has 2 nitrogen and oxygen atoms in total. The van der Waals surface area contributed by atoms with Crippen molar-refractivity contribution in [2.75, 3.05) is 20.6 Å². The zero-order chi connectivity index (χ0) is 10.6. The van der Waals surface area contributed by atoms with Crippen molar-refractivity contribution in [2.45, 2.75) is 12.2 Å². The summed E-state index contributed by atoms with van der Waals surface area (Å²) >= 11 is -1.77. The molecule has 0 saturated carbocycles. The molecular weight excluding hydrogens is 241 g/mol. The van der Waals surface area contributed by atoms with Crippen LogP contribution in [0.2, 0.25) is 5.82 Å². The summed E-state index contributed by atoms with van der Waals surface area (Å²) in [5.41, 5.74) is 1.24. The van der Waals surface area contributed by atoms with Crippen LogP contribution in [0.15, 0.2) is 24.3 Å². The van der Waals surface area contributed by atoms with Gasteiger partial charge in [-0.2, -0.15) is 0 Å². The third-order valence-corrected chi connectivity index (χ3v) is 4.25. The van der Waals surface area contributed by atoms with Gasteiger partial charge in [0, 0.05) is 0 Å². The van der Waals surface area contributed by atoms with Crippen molar-refractivity contribution in [3.8, 4) is 0 Å². The van der Waals surface area contributed by atoms with Crippen LogP contribution in [-0.2, 0) is 10.3 Å². The van der Waals surface area contributed by atoms with E-state index in [4.69, 9.17) is 0 Å². The first-order chi connectivity index (χ1) is 6.61. The summed E-state index contributed by atoms with van der Waals surface area (Å²) in [7, 11) is 4.11. The molecule has 0 heterocycles. The Balaban J connectivity index is 2.79. The van der Waals surface area contributed by atoms with Crippen molar-refractivity contribution < 1.29 is 3.83 Å². The van der Waals surface area contributed by atoms with Gasteiger partial charge in [-0.25, -0.2) is 0 Å². The Labute approximate surface area is 90.0 Å². The number of rotatable bonds is 4. The molecule has 0 aliphatic rings. The predicted octanol–water partition coefficient (Wildman–Crippen LogP) is 1.05. The Morgan fingerprint density at radius 3 is 2.50 bits per heavy atom. The van der Waals surface area contributed by atoms with Crippen LogP contribution in [0.5, 0.6) is 0 Å². The van der Waals surface area contributed by atoms with Crippen molar-refractivity contribution >= 4 is 18.3 Å². The third kappa shape index (κ3) is 3.33. The summed E-state index contributed by atoms with van der Waals surface area (Å²) in [6.07, 6.45) is 0.985. The summed E-state index contributed by atoms with van der Waals surface area (Å²) in [4.78, 5) is 2.15. The molecule has 0 radical (unpaired) electrons. The average Bonchev–Trinajstić information content (AvgIpc) is 2.15. The van der Waals surface area contributed by atoms with E-state index in [2.05, 4.69) is 25.1 Å². The topological polar surface area (TPSA) is 20.3 Å². The molecule has 14 heavy (non-hydrogen) atoms. The fraction of sp³-hybridized carbons (Fsp3) is 0.455. The Morgan fingerprint density at radius 1 is 1.29 bits per heavy atom. The Bertz CT molecular complexity index is 323. The van der Waals surface area contributed by atoms with Gasteiger partial charge < -0.3 is 0 Å². The number of benzene rings is 1. The number of likely N-dealkylation sites (N-methyl/N-ethyl adjacent to an activating group) is 1. The van der Waals surface area contributed by atoms with E-state index in [1.165, 1.54) is 5.56 Å². The van der Waals surface area contributed by atoms with Gasteiger partial charge in [-0.15, -0.1) is 0 Å². The van der Waals surface area contributed by atoms with Gasteiger partial charge in [0.15, 0.2) is 0 Å². The summed E-state index contributed by atoms with van der Waals surface area (Å²) in [5, 5.41) is 0. The molecule has 0 aliphatic carbocycles. The van der Waals surface area contributed by atoms with Crippen LogP contribution >= 0.6 is 0 Å². The van der Waals surface area contributed by atoms with Crippen molar-refractivity contribution in [1.29, 1.82) is 0 Å². The maximum atomic E-state index is 11.5. The first-order valence-electron chi connectivity index (χ1n) is 4.67. The van der Waals surface area contributed by atoms with E-state index >= 15 is 0 Å². The second-order valence-corrected chi connectivity index (χ2v) is 6.44. The molecule has 0 aromatic heterocycles. The van der Waals surface area contributed by atoms with Crippen molar-refractivity contribution in [1.82, 2.24) is 4.90 Å². The van der Waals surface area contributed by atoms with Gasteiger partial charge in [0.2, 0.25) is 0 Å². The molecule has 78 valence electrons. The molecule has 0 amide bonds. The number of hydrogen-bond donors (Lipinski definition) is 0. The standard InChI is InChI=1S/C11H17NOSe/c1-12(2)9-8-10-6-4-5-7-11(10)14(3)13/h4-7H,8-9H2,1-3H3. The number of nitrogens with zero attached hydrogens (tertiary/aromatic N) is 1. The molecule has 0 aliphatic heterocycles. The van der Waals surface area contributed by atoms with E-state index in [1.54, 1.807) is 0 Å². The van der Waals surface area contributed by atoms with Gasteiger partial charge in [0.1, 0.15) is 0 Å². The van der Waals surface area contributed by atoms with E-state index in [9.17, 15) is 3.83 Å². The van der Waals surface area contributed by atoms with Crippen LogP contribution in [0.25, 0.3) is 0 Å². The van der Waals surface area contributed by atoms with E-state index in [0.29, 0.717) is 0 Å². The predicted molar refractivity (Wildman–Crippen MR) is 60.6 cm³/mol. The fourth-order valence-electron chi connectivity index (χ4n) is 1.33. The van der Waals surface area contributed by atoms with Crippen LogP contribution < -0.4 is 4.46 Å². The first kappa shape index (κ1) is 11.6. The normalized spacial score (nSPS) is 13.1.